The van der Waals surface area contributed by atoms with Gasteiger partial charge in [0.1, 0.15) is 0 Å². The van der Waals surface area contributed by atoms with Crippen molar-refractivity contribution in [1.29, 1.82) is 0 Å². The number of pyridine rings is 1. The lowest BCUT2D eigenvalue weighted by molar-refractivity contribution is -0.140. The van der Waals surface area contributed by atoms with Gasteiger partial charge < -0.3 is 5.32 Å². The maximum absolute atomic E-state index is 11.8. The number of aromatic nitrogens is 1. The molecule has 1 fully saturated rings. The van der Waals surface area contributed by atoms with Crippen molar-refractivity contribution in [2.75, 3.05) is 18.9 Å². The Bertz CT molecular complexity index is 489. The second-order valence-corrected chi connectivity index (χ2v) is 4.53. The van der Waals surface area contributed by atoms with Crippen molar-refractivity contribution >= 4 is 17.5 Å². The van der Waals surface area contributed by atoms with Crippen LogP contribution in [0, 0.1) is 0 Å². The van der Waals surface area contributed by atoms with E-state index in [1.807, 2.05) is 31.0 Å². The Morgan fingerprint density at radius 3 is 3.00 bits per heavy atom. The summed E-state index contributed by atoms with van der Waals surface area (Å²) in [5, 5.41) is 5.41. The van der Waals surface area contributed by atoms with Crippen molar-refractivity contribution in [2.45, 2.75) is 25.9 Å². The lowest BCUT2D eigenvalue weighted by Gasteiger charge is -2.32. The summed E-state index contributed by atoms with van der Waals surface area (Å²) >= 11 is 0. The molecule has 1 atom stereocenters. The predicted octanol–water partition coefficient (Wildman–Crippen LogP) is 0.360. The SMILES string of the molecule is CCC1C(=O)NC(=O)CN1Cc1cc(NC)ccn1. The van der Waals surface area contributed by atoms with Crippen LogP contribution in [0.3, 0.4) is 0 Å². The average Bonchev–Trinajstić information content (AvgIpc) is 2.38. The number of carbonyl (C=O) groups excluding carboxylic acids is 2. The van der Waals surface area contributed by atoms with E-state index in [0.29, 0.717) is 13.0 Å². The van der Waals surface area contributed by atoms with Gasteiger partial charge in [0, 0.05) is 25.5 Å². The molecule has 0 saturated carbocycles. The summed E-state index contributed by atoms with van der Waals surface area (Å²) in [7, 11) is 1.84. The zero-order valence-corrected chi connectivity index (χ0v) is 11.1. The number of hydrogen-bond donors (Lipinski definition) is 2. The smallest absolute Gasteiger partial charge is 0.243 e. The maximum atomic E-state index is 11.8. The molecule has 102 valence electrons. The van der Waals surface area contributed by atoms with Crippen LogP contribution in [-0.2, 0) is 16.1 Å². The van der Waals surface area contributed by atoms with Crippen LogP contribution in [0.25, 0.3) is 0 Å². The molecule has 2 heterocycles. The molecule has 0 radical (unpaired) electrons. The summed E-state index contributed by atoms with van der Waals surface area (Å²) in [5.41, 5.74) is 1.80. The van der Waals surface area contributed by atoms with Gasteiger partial charge in [-0.25, -0.2) is 0 Å². The molecule has 6 heteroatoms. The number of carbonyl (C=O) groups is 2. The largest absolute Gasteiger partial charge is 0.388 e. The first kappa shape index (κ1) is 13.5. The summed E-state index contributed by atoms with van der Waals surface area (Å²) in [5.74, 6) is -0.469. The number of rotatable bonds is 4. The fourth-order valence-corrected chi connectivity index (χ4v) is 2.26. The summed E-state index contributed by atoms with van der Waals surface area (Å²) in [4.78, 5) is 29.3. The van der Waals surface area contributed by atoms with Crippen molar-refractivity contribution in [3.8, 4) is 0 Å². The number of nitrogens with zero attached hydrogens (tertiary/aromatic N) is 2. The van der Waals surface area contributed by atoms with Gasteiger partial charge in [0.2, 0.25) is 11.8 Å². The lowest BCUT2D eigenvalue weighted by atomic mass is 10.1. The number of anilines is 1. The van der Waals surface area contributed by atoms with E-state index in [9.17, 15) is 9.59 Å². The minimum atomic E-state index is -0.266. The Kier molecular flexibility index (Phi) is 4.11. The Morgan fingerprint density at radius 2 is 2.32 bits per heavy atom. The standard InChI is InChI=1S/C13H18N4O2/c1-3-11-13(19)16-12(18)8-17(11)7-10-6-9(14-2)4-5-15-10/h4-6,11H,3,7-8H2,1-2H3,(H,14,15)(H,16,18,19). The number of imide groups is 1. The molecule has 1 unspecified atom stereocenters. The highest BCUT2D eigenvalue weighted by Crippen LogP contribution is 2.14. The third kappa shape index (κ3) is 3.08. The summed E-state index contributed by atoms with van der Waals surface area (Å²) in [6, 6.07) is 3.52. The molecular weight excluding hydrogens is 244 g/mol. The minimum absolute atomic E-state index is 0.219. The second-order valence-electron chi connectivity index (χ2n) is 4.53. The molecular formula is C13H18N4O2. The van der Waals surface area contributed by atoms with Crippen LogP contribution >= 0.6 is 0 Å². The first-order valence-electron chi connectivity index (χ1n) is 6.34. The molecule has 2 amide bonds. The summed E-state index contributed by atoms with van der Waals surface area (Å²) in [6.07, 6.45) is 2.39. The van der Waals surface area contributed by atoms with Gasteiger partial charge in [-0.3, -0.25) is 24.8 Å². The van der Waals surface area contributed by atoms with Crippen LogP contribution in [0.5, 0.6) is 0 Å². The van der Waals surface area contributed by atoms with E-state index in [-0.39, 0.29) is 24.4 Å². The van der Waals surface area contributed by atoms with E-state index in [0.717, 1.165) is 11.4 Å². The third-order valence-electron chi connectivity index (χ3n) is 3.21. The van der Waals surface area contributed by atoms with Crippen LogP contribution in [0.15, 0.2) is 18.3 Å². The first-order valence-corrected chi connectivity index (χ1v) is 6.34. The number of piperazine rings is 1. The molecule has 0 aromatic carbocycles. The maximum Gasteiger partial charge on any atom is 0.243 e. The van der Waals surface area contributed by atoms with E-state index in [1.165, 1.54) is 0 Å². The number of nitrogens with one attached hydrogen (secondary N) is 2. The van der Waals surface area contributed by atoms with Gasteiger partial charge >= 0.3 is 0 Å². The molecule has 6 nitrogen and oxygen atoms in total. The van der Waals surface area contributed by atoms with E-state index >= 15 is 0 Å². The van der Waals surface area contributed by atoms with Crippen molar-refractivity contribution < 1.29 is 9.59 Å². The Morgan fingerprint density at radius 1 is 1.53 bits per heavy atom. The zero-order valence-electron chi connectivity index (χ0n) is 11.1. The second kappa shape index (κ2) is 5.79. The molecule has 0 bridgehead atoms. The molecule has 1 aromatic rings. The van der Waals surface area contributed by atoms with Crippen LogP contribution in [-0.4, -0.2) is 41.3 Å². The van der Waals surface area contributed by atoms with E-state index < -0.39 is 0 Å². The molecule has 19 heavy (non-hydrogen) atoms. The molecule has 1 saturated heterocycles. The quantitative estimate of drug-likeness (QED) is 0.766. The molecule has 1 aliphatic heterocycles. The zero-order chi connectivity index (χ0) is 13.8. The van der Waals surface area contributed by atoms with E-state index in [2.05, 4.69) is 15.6 Å². The topological polar surface area (TPSA) is 74.3 Å². The molecule has 0 spiro atoms. The minimum Gasteiger partial charge on any atom is -0.388 e. The van der Waals surface area contributed by atoms with Gasteiger partial charge in [0.25, 0.3) is 0 Å². The lowest BCUT2D eigenvalue weighted by Crippen LogP contribution is -2.57. The highest BCUT2D eigenvalue weighted by molar-refractivity contribution is 6.01. The van der Waals surface area contributed by atoms with E-state index in [4.69, 9.17) is 0 Å². The molecule has 1 aromatic heterocycles. The molecule has 2 rings (SSSR count). The summed E-state index contributed by atoms with van der Waals surface area (Å²) in [6.45, 7) is 2.66. The van der Waals surface area contributed by atoms with Crippen LogP contribution < -0.4 is 10.6 Å². The monoisotopic (exact) mass is 262 g/mol. The first-order chi connectivity index (χ1) is 9.13. The molecule has 1 aliphatic rings. The number of hydrogen-bond acceptors (Lipinski definition) is 5. The van der Waals surface area contributed by atoms with Crippen LogP contribution in [0.4, 0.5) is 5.69 Å². The van der Waals surface area contributed by atoms with Crippen LogP contribution in [0.2, 0.25) is 0 Å². The fraction of sp³-hybridized carbons (Fsp3) is 0.462. The Labute approximate surface area is 112 Å². The van der Waals surface area contributed by atoms with Crippen molar-refractivity contribution in [1.82, 2.24) is 15.2 Å². The van der Waals surface area contributed by atoms with Gasteiger partial charge in [-0.15, -0.1) is 0 Å². The number of amides is 2. The molecule has 2 N–H and O–H groups in total. The van der Waals surface area contributed by atoms with Gasteiger partial charge in [0.15, 0.2) is 0 Å². The van der Waals surface area contributed by atoms with E-state index in [1.54, 1.807) is 6.20 Å². The predicted molar refractivity (Wildman–Crippen MR) is 71.4 cm³/mol. The van der Waals surface area contributed by atoms with Gasteiger partial charge in [-0.2, -0.15) is 0 Å². The average molecular weight is 262 g/mol. The Balaban J connectivity index is 2.14. The van der Waals surface area contributed by atoms with Gasteiger partial charge in [-0.05, 0) is 18.6 Å². The third-order valence-corrected chi connectivity index (χ3v) is 3.21. The van der Waals surface area contributed by atoms with Crippen molar-refractivity contribution in [3.63, 3.8) is 0 Å². The highest BCUT2D eigenvalue weighted by Gasteiger charge is 2.32. The van der Waals surface area contributed by atoms with Crippen LogP contribution in [0.1, 0.15) is 19.0 Å². The fourth-order valence-electron chi connectivity index (χ4n) is 2.26. The van der Waals surface area contributed by atoms with Crippen molar-refractivity contribution in [2.24, 2.45) is 0 Å². The normalized spacial score (nSPS) is 20.2. The summed E-state index contributed by atoms with van der Waals surface area (Å²) < 4.78 is 0. The van der Waals surface area contributed by atoms with Gasteiger partial charge in [0.05, 0.1) is 18.3 Å². The molecule has 0 aliphatic carbocycles. The Hall–Kier alpha value is -1.95. The van der Waals surface area contributed by atoms with Gasteiger partial charge in [-0.1, -0.05) is 6.92 Å². The van der Waals surface area contributed by atoms with Crippen molar-refractivity contribution in [3.05, 3.63) is 24.0 Å². The highest BCUT2D eigenvalue weighted by atomic mass is 16.2.